The molecule has 2 aliphatic heterocycles. The number of amides is 1. The Hall–Kier alpha value is -3.17. The Balaban J connectivity index is 1.70. The van der Waals surface area contributed by atoms with Crippen LogP contribution in [0.1, 0.15) is 32.3 Å². The Morgan fingerprint density at radius 2 is 2.03 bits per heavy atom. The average Bonchev–Trinajstić information content (AvgIpc) is 2.81. The average molecular weight is 458 g/mol. The van der Waals surface area contributed by atoms with Gasteiger partial charge in [-0.25, -0.2) is 4.79 Å². The number of esters is 1. The molecule has 3 rings (SSSR count). The summed E-state index contributed by atoms with van der Waals surface area (Å²) in [6, 6.07) is 8.55. The van der Waals surface area contributed by atoms with Gasteiger partial charge in [-0.3, -0.25) is 20.2 Å². The molecular weight excluding hydrogens is 426 g/mol. The largest absolute Gasteiger partial charge is 0.507 e. The maximum atomic E-state index is 13.3. The molecule has 0 radical (unpaired) electrons. The molecule has 2 heterocycles. The van der Waals surface area contributed by atoms with Crippen LogP contribution in [0.4, 0.5) is 4.79 Å². The van der Waals surface area contributed by atoms with Crippen LogP contribution in [0.5, 0.6) is 0 Å². The monoisotopic (exact) mass is 457 g/mol. The number of benzene rings is 1. The lowest BCUT2D eigenvalue weighted by Gasteiger charge is -2.37. The maximum Gasteiger partial charge on any atom is 0.507 e. The van der Waals surface area contributed by atoms with E-state index in [1.165, 1.54) is 0 Å². The SMILES string of the molecule is CCOC(=O)C(CCc1ccccc1)N[C@@H](C)C(=O)N1CC=CC2=C1CCNC2OC(=O)O. The van der Waals surface area contributed by atoms with Gasteiger partial charge in [0.15, 0.2) is 6.23 Å². The lowest BCUT2D eigenvalue weighted by Crippen LogP contribution is -2.53. The van der Waals surface area contributed by atoms with Gasteiger partial charge in [-0.1, -0.05) is 42.5 Å². The third kappa shape index (κ3) is 6.43. The third-order valence-electron chi connectivity index (χ3n) is 5.66. The molecule has 1 amide bonds. The van der Waals surface area contributed by atoms with Crippen molar-refractivity contribution in [3.63, 3.8) is 0 Å². The molecule has 9 nitrogen and oxygen atoms in total. The number of carbonyl (C=O) groups excluding carboxylic acids is 2. The zero-order valence-corrected chi connectivity index (χ0v) is 19.0. The molecule has 33 heavy (non-hydrogen) atoms. The van der Waals surface area contributed by atoms with Crippen LogP contribution in [0.25, 0.3) is 0 Å². The second-order valence-electron chi connectivity index (χ2n) is 7.94. The molecule has 0 saturated heterocycles. The van der Waals surface area contributed by atoms with Crippen LogP contribution < -0.4 is 10.6 Å². The smallest absolute Gasteiger partial charge is 0.465 e. The van der Waals surface area contributed by atoms with Crippen molar-refractivity contribution in [2.75, 3.05) is 19.7 Å². The van der Waals surface area contributed by atoms with E-state index >= 15 is 0 Å². The lowest BCUT2D eigenvalue weighted by molar-refractivity contribution is -0.146. The lowest BCUT2D eigenvalue weighted by atomic mass is 9.99. The van der Waals surface area contributed by atoms with Crippen LogP contribution in [0, 0.1) is 0 Å². The summed E-state index contributed by atoms with van der Waals surface area (Å²) in [4.78, 5) is 38.6. The van der Waals surface area contributed by atoms with Gasteiger partial charge < -0.3 is 19.5 Å². The summed E-state index contributed by atoms with van der Waals surface area (Å²) >= 11 is 0. The summed E-state index contributed by atoms with van der Waals surface area (Å²) in [6.45, 7) is 4.59. The first-order valence-corrected chi connectivity index (χ1v) is 11.2. The van der Waals surface area contributed by atoms with E-state index in [9.17, 15) is 14.4 Å². The number of rotatable bonds is 9. The highest BCUT2D eigenvalue weighted by Gasteiger charge is 2.34. The van der Waals surface area contributed by atoms with Crippen molar-refractivity contribution in [1.29, 1.82) is 0 Å². The second-order valence-corrected chi connectivity index (χ2v) is 7.94. The highest BCUT2D eigenvalue weighted by Crippen LogP contribution is 2.27. The van der Waals surface area contributed by atoms with E-state index < -0.39 is 24.5 Å². The van der Waals surface area contributed by atoms with Gasteiger partial charge in [-0.15, -0.1) is 0 Å². The molecule has 1 aromatic carbocycles. The summed E-state index contributed by atoms with van der Waals surface area (Å²) in [5.41, 5.74) is 2.46. The second kappa shape index (κ2) is 11.6. The first-order chi connectivity index (χ1) is 15.9. The third-order valence-corrected chi connectivity index (χ3v) is 5.66. The van der Waals surface area contributed by atoms with Gasteiger partial charge in [0.25, 0.3) is 0 Å². The summed E-state index contributed by atoms with van der Waals surface area (Å²) in [7, 11) is 0. The van der Waals surface area contributed by atoms with E-state index in [0.717, 1.165) is 11.3 Å². The van der Waals surface area contributed by atoms with Crippen molar-refractivity contribution in [3.8, 4) is 0 Å². The molecule has 0 aromatic heterocycles. The van der Waals surface area contributed by atoms with E-state index in [1.807, 2.05) is 30.3 Å². The van der Waals surface area contributed by atoms with Crippen molar-refractivity contribution in [3.05, 3.63) is 59.3 Å². The van der Waals surface area contributed by atoms with Crippen LogP contribution in [0.15, 0.2) is 53.8 Å². The van der Waals surface area contributed by atoms with Gasteiger partial charge in [-0.2, -0.15) is 0 Å². The Bertz CT molecular complexity index is 914. The Labute approximate surface area is 193 Å². The van der Waals surface area contributed by atoms with Gasteiger partial charge in [0.05, 0.1) is 12.6 Å². The van der Waals surface area contributed by atoms with Gasteiger partial charge in [-0.05, 0) is 32.3 Å². The van der Waals surface area contributed by atoms with E-state index in [1.54, 1.807) is 30.9 Å². The number of hydrogen-bond acceptors (Lipinski definition) is 7. The van der Waals surface area contributed by atoms with Crippen molar-refractivity contribution in [1.82, 2.24) is 15.5 Å². The minimum Gasteiger partial charge on any atom is -0.465 e. The van der Waals surface area contributed by atoms with Crippen molar-refractivity contribution in [2.45, 2.75) is 51.4 Å². The normalized spacial score (nSPS) is 19.5. The van der Waals surface area contributed by atoms with E-state index in [0.29, 0.717) is 37.9 Å². The highest BCUT2D eigenvalue weighted by atomic mass is 16.7. The number of ether oxygens (including phenoxy) is 2. The van der Waals surface area contributed by atoms with E-state index in [-0.39, 0.29) is 18.5 Å². The van der Waals surface area contributed by atoms with Crippen LogP contribution in [-0.4, -0.2) is 66.0 Å². The highest BCUT2D eigenvalue weighted by molar-refractivity contribution is 5.85. The van der Waals surface area contributed by atoms with Crippen molar-refractivity contribution in [2.24, 2.45) is 0 Å². The number of hydrogen-bond donors (Lipinski definition) is 3. The van der Waals surface area contributed by atoms with Crippen molar-refractivity contribution < 1.29 is 29.0 Å². The Morgan fingerprint density at radius 3 is 2.73 bits per heavy atom. The summed E-state index contributed by atoms with van der Waals surface area (Å²) < 4.78 is 10.2. The molecule has 3 N–H and O–H groups in total. The van der Waals surface area contributed by atoms with Gasteiger partial charge in [0, 0.05) is 30.8 Å². The zero-order chi connectivity index (χ0) is 23.8. The van der Waals surface area contributed by atoms with Gasteiger partial charge in [0.2, 0.25) is 5.91 Å². The fourth-order valence-corrected chi connectivity index (χ4v) is 4.10. The van der Waals surface area contributed by atoms with Crippen LogP contribution in [0.2, 0.25) is 0 Å². The maximum absolute atomic E-state index is 13.3. The molecule has 0 aliphatic carbocycles. The summed E-state index contributed by atoms with van der Waals surface area (Å²) in [6.07, 6.45) is 3.10. The first kappa shape index (κ1) is 24.5. The minimum atomic E-state index is -1.39. The van der Waals surface area contributed by atoms with E-state index in [4.69, 9.17) is 14.6 Å². The molecular formula is C24H31N3O6. The molecule has 178 valence electrons. The zero-order valence-electron chi connectivity index (χ0n) is 19.0. The molecule has 0 bridgehead atoms. The quantitative estimate of drug-likeness (QED) is 0.483. The van der Waals surface area contributed by atoms with Crippen LogP contribution >= 0.6 is 0 Å². The molecule has 0 saturated carbocycles. The first-order valence-electron chi connectivity index (χ1n) is 11.2. The Morgan fingerprint density at radius 1 is 1.27 bits per heavy atom. The van der Waals surface area contributed by atoms with Gasteiger partial charge >= 0.3 is 12.1 Å². The number of aryl methyl sites for hydroxylation is 1. The topological polar surface area (TPSA) is 117 Å². The number of carboxylic acid groups (broad SMARTS) is 1. The molecule has 0 spiro atoms. The fraction of sp³-hybridized carbons (Fsp3) is 0.458. The fourth-order valence-electron chi connectivity index (χ4n) is 4.10. The number of carbonyl (C=O) groups is 3. The summed E-state index contributed by atoms with van der Waals surface area (Å²) in [5.74, 6) is -0.583. The molecule has 0 fully saturated rings. The summed E-state index contributed by atoms with van der Waals surface area (Å²) in [5, 5.41) is 15.2. The number of nitrogens with one attached hydrogen (secondary N) is 2. The standard InChI is InChI=1S/C24H31N3O6/c1-3-32-23(29)19(12-11-17-8-5-4-6-9-17)26-16(2)22(28)27-15-7-10-18-20(27)13-14-25-21(18)33-24(30)31/h4-10,16,19,21,25-26H,3,11-15H2,1-2H3,(H,30,31)/t16-,19?,21?/m0/s1. The molecule has 2 aliphatic rings. The molecule has 1 aromatic rings. The molecule has 2 unspecified atom stereocenters. The van der Waals surface area contributed by atoms with Crippen LogP contribution in [-0.2, 0) is 25.5 Å². The van der Waals surface area contributed by atoms with Crippen molar-refractivity contribution >= 4 is 18.0 Å². The van der Waals surface area contributed by atoms with E-state index in [2.05, 4.69) is 10.6 Å². The number of nitrogens with zero attached hydrogens (tertiary/aromatic N) is 1. The van der Waals surface area contributed by atoms with Gasteiger partial charge in [0.1, 0.15) is 6.04 Å². The predicted molar refractivity (Wildman–Crippen MR) is 121 cm³/mol. The molecule has 9 heteroatoms. The minimum absolute atomic E-state index is 0.197. The van der Waals surface area contributed by atoms with Crippen LogP contribution in [0.3, 0.4) is 0 Å². The molecule has 3 atom stereocenters. The predicted octanol–water partition coefficient (Wildman–Crippen LogP) is 2.20. The Kier molecular flexibility index (Phi) is 8.62.